The van der Waals surface area contributed by atoms with Crippen LogP contribution in [0.1, 0.15) is 5.56 Å². The summed E-state index contributed by atoms with van der Waals surface area (Å²) in [6.45, 7) is 4.05. The van der Waals surface area contributed by atoms with Crippen LogP contribution in [-0.4, -0.2) is 0 Å². The van der Waals surface area contributed by atoms with Gasteiger partial charge in [-0.1, -0.05) is 0 Å². The van der Waals surface area contributed by atoms with Gasteiger partial charge >= 0.3 is 208 Å². The number of benzene rings is 5. The Labute approximate surface area is 207 Å². The van der Waals surface area contributed by atoms with Gasteiger partial charge in [-0.3, -0.25) is 0 Å². The Hall–Kier alpha value is -3.44. The molecule has 0 aliphatic rings. The summed E-state index contributed by atoms with van der Waals surface area (Å²) >= 11 is 6.49. The summed E-state index contributed by atoms with van der Waals surface area (Å²) in [7, 11) is -2.66. The molecule has 0 unspecified atom stereocenters. The molecule has 0 radical (unpaired) electrons. The van der Waals surface area contributed by atoms with Gasteiger partial charge in [-0.2, -0.15) is 0 Å². The first-order chi connectivity index (χ1) is 16.7. The SMILES string of the molecule is C=C(Cl)c1ccccc1-c1ccccc1[PH](c1ccccc1)(c1ccccc1)c1ccccc1. The number of halogens is 1. The van der Waals surface area contributed by atoms with Crippen LogP contribution in [-0.2, 0) is 0 Å². The van der Waals surface area contributed by atoms with Crippen LogP contribution in [0.25, 0.3) is 16.2 Å². The number of hydrogen-bond acceptors (Lipinski definition) is 0. The third kappa shape index (κ3) is 3.90. The molecule has 0 aromatic heterocycles. The normalized spacial score (nSPS) is 11.7. The van der Waals surface area contributed by atoms with E-state index in [0.717, 1.165) is 11.1 Å². The van der Waals surface area contributed by atoms with E-state index in [0.29, 0.717) is 5.03 Å². The molecule has 0 heterocycles. The van der Waals surface area contributed by atoms with Gasteiger partial charge in [0.2, 0.25) is 0 Å². The second-order valence-electron chi connectivity index (χ2n) is 8.34. The minimum atomic E-state index is -2.66. The van der Waals surface area contributed by atoms with E-state index in [1.807, 2.05) is 6.07 Å². The topological polar surface area (TPSA) is 0 Å². The van der Waals surface area contributed by atoms with Gasteiger partial charge in [-0.15, -0.1) is 0 Å². The Morgan fingerprint density at radius 2 is 0.853 bits per heavy atom. The molecule has 0 atom stereocenters. The average Bonchev–Trinajstić information content (AvgIpc) is 2.91. The Morgan fingerprint density at radius 3 is 1.32 bits per heavy atom. The predicted molar refractivity (Wildman–Crippen MR) is 153 cm³/mol. The van der Waals surface area contributed by atoms with Crippen molar-refractivity contribution in [1.29, 1.82) is 0 Å². The molecule has 5 aromatic carbocycles. The van der Waals surface area contributed by atoms with Crippen molar-refractivity contribution in [1.82, 2.24) is 0 Å². The summed E-state index contributed by atoms with van der Waals surface area (Å²) in [5.41, 5.74) is 3.27. The zero-order valence-corrected chi connectivity index (χ0v) is 20.6. The van der Waals surface area contributed by atoms with E-state index in [1.165, 1.54) is 26.8 Å². The van der Waals surface area contributed by atoms with Gasteiger partial charge in [0, 0.05) is 0 Å². The van der Waals surface area contributed by atoms with E-state index in [1.54, 1.807) is 0 Å². The van der Waals surface area contributed by atoms with E-state index in [4.69, 9.17) is 11.6 Å². The molecule has 166 valence electrons. The number of hydrogen-bond donors (Lipinski definition) is 0. The molecule has 0 amide bonds. The molecular formula is C32H26ClP. The quantitative estimate of drug-likeness (QED) is 0.233. The van der Waals surface area contributed by atoms with Gasteiger partial charge < -0.3 is 0 Å². The third-order valence-corrected chi connectivity index (χ3v) is 11.5. The summed E-state index contributed by atoms with van der Waals surface area (Å²) in [6, 6.07) is 50.0. The van der Waals surface area contributed by atoms with Gasteiger partial charge in [-0.05, 0) is 0 Å². The molecular weight excluding hydrogens is 451 g/mol. The first-order valence-electron chi connectivity index (χ1n) is 11.4. The van der Waals surface area contributed by atoms with Crippen LogP contribution in [0.4, 0.5) is 0 Å². The summed E-state index contributed by atoms with van der Waals surface area (Å²) in [5, 5.41) is 5.94. The van der Waals surface area contributed by atoms with Crippen molar-refractivity contribution >= 4 is 45.1 Å². The predicted octanol–water partition coefficient (Wildman–Crippen LogP) is 6.91. The minimum absolute atomic E-state index is 0.553. The Bertz CT molecular complexity index is 1310. The molecule has 34 heavy (non-hydrogen) atoms. The van der Waals surface area contributed by atoms with E-state index in [-0.39, 0.29) is 0 Å². The summed E-state index contributed by atoms with van der Waals surface area (Å²) in [6.07, 6.45) is 0. The van der Waals surface area contributed by atoms with Gasteiger partial charge in [0.15, 0.2) is 0 Å². The van der Waals surface area contributed by atoms with Crippen molar-refractivity contribution in [2.45, 2.75) is 0 Å². The van der Waals surface area contributed by atoms with E-state index < -0.39 is 7.26 Å². The van der Waals surface area contributed by atoms with Crippen molar-refractivity contribution < 1.29 is 0 Å². The molecule has 2 heteroatoms. The van der Waals surface area contributed by atoms with Crippen molar-refractivity contribution in [2.75, 3.05) is 0 Å². The summed E-state index contributed by atoms with van der Waals surface area (Å²) in [5.74, 6) is 0. The monoisotopic (exact) mass is 476 g/mol. The summed E-state index contributed by atoms with van der Waals surface area (Å²) in [4.78, 5) is 0. The molecule has 5 rings (SSSR count). The Kier molecular flexibility index (Phi) is 6.45. The molecule has 0 aliphatic heterocycles. The van der Waals surface area contributed by atoms with Crippen LogP contribution in [0.5, 0.6) is 0 Å². The van der Waals surface area contributed by atoms with Crippen molar-refractivity contribution in [3.05, 3.63) is 152 Å². The Morgan fingerprint density at radius 1 is 0.471 bits per heavy atom. The maximum atomic E-state index is 6.49. The van der Waals surface area contributed by atoms with Gasteiger partial charge in [-0.25, -0.2) is 0 Å². The fourth-order valence-corrected chi connectivity index (χ4v) is 10.2. The first kappa shape index (κ1) is 22.4. The molecule has 0 aliphatic carbocycles. The average molecular weight is 477 g/mol. The van der Waals surface area contributed by atoms with Crippen LogP contribution < -0.4 is 21.2 Å². The molecule has 0 saturated carbocycles. The van der Waals surface area contributed by atoms with Crippen molar-refractivity contribution in [3.8, 4) is 11.1 Å². The molecule has 0 fully saturated rings. The van der Waals surface area contributed by atoms with E-state index in [2.05, 4.69) is 140 Å². The zero-order chi connectivity index (χ0) is 23.4. The maximum absolute atomic E-state index is 6.49. The molecule has 0 saturated heterocycles. The van der Waals surface area contributed by atoms with E-state index in [9.17, 15) is 0 Å². The molecule has 0 spiro atoms. The molecule has 0 nitrogen and oxygen atoms in total. The van der Waals surface area contributed by atoms with Crippen molar-refractivity contribution in [3.63, 3.8) is 0 Å². The van der Waals surface area contributed by atoms with Crippen LogP contribution in [0.3, 0.4) is 0 Å². The molecule has 0 N–H and O–H groups in total. The van der Waals surface area contributed by atoms with Crippen LogP contribution in [0.2, 0.25) is 0 Å². The molecule has 0 bridgehead atoms. The second kappa shape index (κ2) is 9.82. The standard InChI is InChI=1S/C32H26ClP/c1-25(33)29-21-11-12-22-30(29)31-23-13-14-24-32(31)34(26-15-5-2-6-16-26,27-17-7-3-8-18-27)28-19-9-4-10-20-28/h2-24,34H,1H2. The van der Waals surface area contributed by atoms with Gasteiger partial charge in [0.25, 0.3) is 0 Å². The van der Waals surface area contributed by atoms with E-state index >= 15 is 0 Å². The second-order valence-corrected chi connectivity index (χ2v) is 12.6. The third-order valence-electron chi connectivity index (χ3n) is 6.46. The first-order valence-corrected chi connectivity index (χ1v) is 13.8. The Balaban J connectivity index is 1.95. The van der Waals surface area contributed by atoms with Crippen LogP contribution >= 0.6 is 18.9 Å². The zero-order valence-electron chi connectivity index (χ0n) is 18.9. The fourth-order valence-electron chi connectivity index (χ4n) is 5.03. The summed E-state index contributed by atoms with van der Waals surface area (Å²) < 4.78 is 0. The fraction of sp³-hybridized carbons (Fsp3) is 0. The molecule has 5 aromatic rings. The van der Waals surface area contributed by atoms with Crippen LogP contribution in [0.15, 0.2) is 146 Å². The van der Waals surface area contributed by atoms with Crippen LogP contribution in [0, 0.1) is 0 Å². The van der Waals surface area contributed by atoms with Crippen molar-refractivity contribution in [2.24, 2.45) is 0 Å². The number of rotatable bonds is 6. The van der Waals surface area contributed by atoms with Gasteiger partial charge in [0.05, 0.1) is 0 Å². The van der Waals surface area contributed by atoms with Gasteiger partial charge in [0.1, 0.15) is 0 Å².